The van der Waals surface area contributed by atoms with Crippen LogP contribution < -0.4 is 19.5 Å². The highest BCUT2D eigenvalue weighted by atomic mass is 19.4. The number of amides is 2. The van der Waals surface area contributed by atoms with Crippen LogP contribution in [0.3, 0.4) is 0 Å². The fourth-order valence-corrected chi connectivity index (χ4v) is 2.37. The van der Waals surface area contributed by atoms with Crippen LogP contribution in [-0.4, -0.2) is 44.5 Å². The minimum atomic E-state index is -4.53. The quantitative estimate of drug-likeness (QED) is 0.601. The topological polar surface area (TPSA) is 60.0 Å². The maximum absolute atomic E-state index is 12.4. The van der Waals surface area contributed by atoms with Gasteiger partial charge in [-0.25, -0.2) is 4.79 Å². The first-order chi connectivity index (χ1) is 14.1. The summed E-state index contributed by atoms with van der Waals surface area (Å²) < 4.78 is 75.5. The number of ether oxygens (including phenoxy) is 3. The molecule has 2 amide bonds. The lowest BCUT2D eigenvalue weighted by molar-refractivity contribution is -0.153. The lowest BCUT2D eigenvalue weighted by atomic mass is 10.2. The smallest absolute Gasteiger partial charge is 0.422 e. The number of anilines is 1. The van der Waals surface area contributed by atoms with Gasteiger partial charge in [0.2, 0.25) is 0 Å². The molecule has 0 fully saturated rings. The molecule has 0 aliphatic rings. The maximum Gasteiger partial charge on any atom is 0.422 e. The molecule has 0 unspecified atom stereocenters. The molecule has 164 valence electrons. The zero-order valence-corrected chi connectivity index (χ0v) is 16.0. The van der Waals surface area contributed by atoms with Gasteiger partial charge in [-0.3, -0.25) is 0 Å². The number of halogens is 5. The fraction of sp³-hybridized carbons (Fsp3) is 0.316. The summed E-state index contributed by atoms with van der Waals surface area (Å²) in [5.41, 5.74) is 0.851. The summed E-state index contributed by atoms with van der Waals surface area (Å²) in [6.45, 7) is -4.29. The lowest BCUT2D eigenvalue weighted by Crippen LogP contribution is -2.30. The van der Waals surface area contributed by atoms with E-state index in [1.54, 1.807) is 0 Å². The molecule has 0 heterocycles. The highest BCUT2D eigenvalue weighted by molar-refractivity contribution is 5.89. The molecule has 2 aromatic carbocycles. The number of nitrogens with one attached hydrogen (secondary N) is 1. The number of methoxy groups -OCH3 is 1. The SMILES string of the molecule is COc1ccc(NC(=O)N(C)Cc2ccc(OC(F)F)cc2)cc1OCC(F)(F)F. The molecule has 0 aromatic heterocycles. The van der Waals surface area contributed by atoms with Crippen LogP contribution in [0.15, 0.2) is 42.5 Å². The maximum atomic E-state index is 12.4. The van der Waals surface area contributed by atoms with E-state index in [0.29, 0.717) is 5.56 Å². The first kappa shape index (κ1) is 23.0. The summed E-state index contributed by atoms with van der Waals surface area (Å²) in [5, 5.41) is 2.53. The van der Waals surface area contributed by atoms with Crippen molar-refractivity contribution in [3.8, 4) is 17.2 Å². The van der Waals surface area contributed by atoms with Gasteiger partial charge in [-0.2, -0.15) is 22.0 Å². The largest absolute Gasteiger partial charge is 0.493 e. The molecule has 30 heavy (non-hydrogen) atoms. The van der Waals surface area contributed by atoms with Gasteiger partial charge in [0.25, 0.3) is 0 Å². The van der Waals surface area contributed by atoms with Crippen LogP contribution >= 0.6 is 0 Å². The van der Waals surface area contributed by atoms with Crippen molar-refractivity contribution in [3.05, 3.63) is 48.0 Å². The van der Waals surface area contributed by atoms with Crippen LogP contribution in [-0.2, 0) is 6.54 Å². The predicted octanol–water partition coefficient (Wildman–Crippen LogP) is 4.90. The van der Waals surface area contributed by atoms with Crippen LogP contribution in [0.5, 0.6) is 17.2 Å². The zero-order valence-electron chi connectivity index (χ0n) is 16.0. The summed E-state index contributed by atoms with van der Waals surface area (Å²) in [6.07, 6.45) is -4.53. The Bertz CT molecular complexity index is 844. The van der Waals surface area contributed by atoms with E-state index < -0.39 is 25.4 Å². The molecule has 0 bridgehead atoms. The molecular weight excluding hydrogens is 415 g/mol. The first-order valence-electron chi connectivity index (χ1n) is 8.51. The third kappa shape index (κ3) is 7.30. The third-order valence-corrected chi connectivity index (χ3v) is 3.72. The van der Waals surface area contributed by atoms with E-state index in [4.69, 9.17) is 9.47 Å². The molecule has 11 heteroatoms. The Morgan fingerprint density at radius 3 is 2.33 bits per heavy atom. The van der Waals surface area contributed by atoms with Gasteiger partial charge in [0.1, 0.15) is 5.75 Å². The van der Waals surface area contributed by atoms with Crippen LogP contribution in [0.25, 0.3) is 0 Å². The van der Waals surface area contributed by atoms with Gasteiger partial charge in [0.15, 0.2) is 18.1 Å². The number of hydrogen-bond acceptors (Lipinski definition) is 4. The molecule has 1 N–H and O–H groups in total. The third-order valence-electron chi connectivity index (χ3n) is 3.72. The van der Waals surface area contributed by atoms with Crippen LogP contribution in [0.2, 0.25) is 0 Å². The van der Waals surface area contributed by atoms with Gasteiger partial charge in [-0.1, -0.05) is 12.1 Å². The Labute approximate surface area is 169 Å². The molecule has 0 atom stereocenters. The summed E-state index contributed by atoms with van der Waals surface area (Å²) >= 11 is 0. The number of urea groups is 1. The average molecular weight is 434 g/mol. The van der Waals surface area contributed by atoms with Crippen molar-refractivity contribution in [2.45, 2.75) is 19.3 Å². The van der Waals surface area contributed by atoms with Gasteiger partial charge in [0.05, 0.1) is 7.11 Å². The lowest BCUT2D eigenvalue weighted by Gasteiger charge is -2.19. The predicted molar refractivity (Wildman–Crippen MR) is 98.1 cm³/mol. The van der Waals surface area contributed by atoms with Gasteiger partial charge in [0, 0.05) is 25.3 Å². The van der Waals surface area contributed by atoms with Crippen LogP contribution in [0.1, 0.15) is 5.56 Å². The molecule has 6 nitrogen and oxygen atoms in total. The Balaban J connectivity index is 2.00. The van der Waals surface area contributed by atoms with Crippen LogP contribution in [0.4, 0.5) is 32.4 Å². The van der Waals surface area contributed by atoms with Crippen molar-refractivity contribution in [2.24, 2.45) is 0 Å². The van der Waals surface area contributed by atoms with Crippen molar-refractivity contribution >= 4 is 11.7 Å². The van der Waals surface area contributed by atoms with Gasteiger partial charge in [-0.15, -0.1) is 0 Å². The number of carbonyl (C=O) groups excluding carboxylic acids is 1. The molecule has 2 rings (SSSR count). The second-order valence-corrected chi connectivity index (χ2v) is 6.08. The Kier molecular flexibility index (Phi) is 7.67. The highest BCUT2D eigenvalue weighted by Gasteiger charge is 2.29. The summed E-state index contributed by atoms with van der Waals surface area (Å²) in [4.78, 5) is 13.6. The van der Waals surface area contributed by atoms with E-state index >= 15 is 0 Å². The van der Waals surface area contributed by atoms with Crippen molar-refractivity contribution in [3.63, 3.8) is 0 Å². The second-order valence-electron chi connectivity index (χ2n) is 6.08. The average Bonchev–Trinajstić information content (AvgIpc) is 2.67. The fourth-order valence-electron chi connectivity index (χ4n) is 2.37. The van der Waals surface area contributed by atoms with E-state index in [0.717, 1.165) is 0 Å². The monoisotopic (exact) mass is 434 g/mol. The molecular formula is C19H19F5N2O4. The summed E-state index contributed by atoms with van der Waals surface area (Å²) in [6, 6.07) is 9.23. The normalized spacial score (nSPS) is 11.2. The number of benzene rings is 2. The van der Waals surface area contributed by atoms with Crippen molar-refractivity contribution < 1.29 is 41.0 Å². The number of alkyl halides is 5. The van der Waals surface area contributed by atoms with Gasteiger partial charge < -0.3 is 24.4 Å². The Morgan fingerprint density at radius 2 is 1.77 bits per heavy atom. The Morgan fingerprint density at radius 1 is 1.10 bits per heavy atom. The number of rotatable bonds is 8. The first-order valence-corrected chi connectivity index (χ1v) is 8.51. The van der Waals surface area contributed by atoms with Crippen molar-refractivity contribution in [1.82, 2.24) is 4.90 Å². The molecule has 2 aromatic rings. The van der Waals surface area contributed by atoms with Crippen molar-refractivity contribution in [2.75, 3.05) is 26.1 Å². The van der Waals surface area contributed by atoms with E-state index in [-0.39, 0.29) is 29.5 Å². The molecule has 0 aliphatic heterocycles. The molecule has 0 spiro atoms. The summed E-state index contributed by atoms with van der Waals surface area (Å²) in [5.74, 6) is -0.105. The summed E-state index contributed by atoms with van der Waals surface area (Å²) in [7, 11) is 2.77. The number of nitrogens with zero attached hydrogens (tertiary/aromatic N) is 1. The number of carbonyl (C=O) groups is 1. The van der Waals surface area contributed by atoms with E-state index in [2.05, 4.69) is 10.1 Å². The van der Waals surface area contributed by atoms with Gasteiger partial charge >= 0.3 is 18.8 Å². The molecule has 0 radical (unpaired) electrons. The van der Waals surface area contributed by atoms with E-state index in [9.17, 15) is 26.7 Å². The molecule has 0 saturated heterocycles. The van der Waals surface area contributed by atoms with E-state index in [1.807, 2.05) is 0 Å². The minimum Gasteiger partial charge on any atom is -0.493 e. The molecule has 0 saturated carbocycles. The van der Waals surface area contributed by atoms with E-state index in [1.165, 1.54) is 61.5 Å². The van der Waals surface area contributed by atoms with Crippen molar-refractivity contribution in [1.29, 1.82) is 0 Å². The standard InChI is InChI=1S/C19H19F5N2O4/c1-26(10-12-3-6-14(7-4-12)30-17(20)21)18(27)25-13-5-8-15(28-2)16(9-13)29-11-19(22,23)24/h3-9,17H,10-11H2,1-2H3,(H,25,27). The minimum absolute atomic E-state index is 0.00882. The van der Waals surface area contributed by atoms with Crippen LogP contribution in [0, 0.1) is 0 Å². The second kappa shape index (κ2) is 9.99. The Hall–Kier alpha value is -3.24. The highest BCUT2D eigenvalue weighted by Crippen LogP contribution is 2.31. The molecule has 0 aliphatic carbocycles. The van der Waals surface area contributed by atoms with Gasteiger partial charge in [-0.05, 0) is 29.8 Å². The zero-order chi connectivity index (χ0) is 22.3. The number of hydrogen-bond donors (Lipinski definition) is 1.